The summed E-state index contributed by atoms with van der Waals surface area (Å²) in [6.45, 7) is 2.72. The maximum absolute atomic E-state index is 12.8. The van der Waals surface area contributed by atoms with E-state index in [9.17, 15) is 4.79 Å². The Morgan fingerprint density at radius 3 is 2.96 bits per heavy atom. The number of carbonyl (C=O) groups excluding carboxylic acids is 1. The average molecular weight is 351 g/mol. The first kappa shape index (κ1) is 18.4. The summed E-state index contributed by atoms with van der Waals surface area (Å²) in [7, 11) is 0. The molecule has 2 aromatic rings. The maximum Gasteiger partial charge on any atom is 0.244 e. The van der Waals surface area contributed by atoms with Gasteiger partial charge in [-0.25, -0.2) is 4.68 Å². The van der Waals surface area contributed by atoms with Gasteiger partial charge in [0.25, 0.3) is 0 Å². The SMILES string of the molecule is Cl.O=C(Cn1ccnn1)N(Cc1ccccn1)C1CCCNCC1. The molecule has 1 aliphatic heterocycles. The van der Waals surface area contributed by atoms with Crippen LogP contribution in [0, 0.1) is 0 Å². The summed E-state index contributed by atoms with van der Waals surface area (Å²) in [5, 5.41) is 11.1. The summed E-state index contributed by atoms with van der Waals surface area (Å²) in [4.78, 5) is 19.1. The molecule has 3 rings (SSSR count). The summed E-state index contributed by atoms with van der Waals surface area (Å²) in [6.07, 6.45) is 8.14. The van der Waals surface area contributed by atoms with Crippen molar-refractivity contribution in [2.75, 3.05) is 13.1 Å². The minimum Gasteiger partial charge on any atom is -0.332 e. The first-order chi connectivity index (χ1) is 11.3. The van der Waals surface area contributed by atoms with Crippen molar-refractivity contribution in [3.05, 3.63) is 42.5 Å². The van der Waals surface area contributed by atoms with Gasteiger partial charge in [-0.2, -0.15) is 0 Å². The molecule has 1 aliphatic rings. The van der Waals surface area contributed by atoms with Gasteiger partial charge in [0.15, 0.2) is 0 Å². The van der Waals surface area contributed by atoms with Gasteiger partial charge < -0.3 is 10.2 Å². The van der Waals surface area contributed by atoms with Crippen LogP contribution in [-0.2, 0) is 17.9 Å². The van der Waals surface area contributed by atoms with Crippen molar-refractivity contribution in [2.24, 2.45) is 0 Å². The largest absolute Gasteiger partial charge is 0.332 e. The van der Waals surface area contributed by atoms with Crippen molar-refractivity contribution in [1.29, 1.82) is 0 Å². The van der Waals surface area contributed by atoms with Crippen LogP contribution in [0.1, 0.15) is 25.0 Å². The highest BCUT2D eigenvalue weighted by Gasteiger charge is 2.25. The second-order valence-corrected chi connectivity index (χ2v) is 5.78. The fourth-order valence-electron chi connectivity index (χ4n) is 2.95. The fourth-order valence-corrected chi connectivity index (χ4v) is 2.95. The van der Waals surface area contributed by atoms with Crippen LogP contribution >= 0.6 is 12.4 Å². The van der Waals surface area contributed by atoms with Gasteiger partial charge in [0, 0.05) is 18.4 Å². The number of aromatic nitrogens is 4. The van der Waals surface area contributed by atoms with Gasteiger partial charge in [0.2, 0.25) is 5.91 Å². The van der Waals surface area contributed by atoms with E-state index in [1.165, 1.54) is 0 Å². The topological polar surface area (TPSA) is 75.9 Å². The lowest BCUT2D eigenvalue weighted by molar-refractivity contribution is -0.135. The standard InChI is InChI=1S/C16H22N6O.ClH/c23-16(13-21-11-10-19-20-21)22(12-14-4-1-2-8-18-14)15-5-3-7-17-9-6-15;/h1-2,4,8,10-11,15,17H,3,5-7,9,12-13H2;1H. The minimum absolute atomic E-state index is 0. The zero-order chi connectivity index (χ0) is 15.9. The molecule has 0 aromatic carbocycles. The molecule has 24 heavy (non-hydrogen) atoms. The predicted molar refractivity (Wildman–Crippen MR) is 92.6 cm³/mol. The summed E-state index contributed by atoms with van der Waals surface area (Å²) in [6, 6.07) is 6.05. The van der Waals surface area contributed by atoms with Crippen LogP contribution in [-0.4, -0.2) is 49.9 Å². The molecule has 1 amide bonds. The van der Waals surface area contributed by atoms with Gasteiger partial charge in [-0.05, 0) is 44.5 Å². The first-order valence-electron chi connectivity index (χ1n) is 8.07. The molecule has 0 radical (unpaired) electrons. The summed E-state index contributed by atoms with van der Waals surface area (Å²) in [5.74, 6) is 0.0630. The van der Waals surface area contributed by atoms with E-state index in [2.05, 4.69) is 20.6 Å². The van der Waals surface area contributed by atoms with Crippen molar-refractivity contribution in [3.63, 3.8) is 0 Å². The molecule has 0 aliphatic carbocycles. The third-order valence-corrected chi connectivity index (χ3v) is 4.13. The second kappa shape index (κ2) is 9.34. The lowest BCUT2D eigenvalue weighted by Crippen LogP contribution is -2.42. The molecule has 130 valence electrons. The Balaban J connectivity index is 0.00000208. The van der Waals surface area contributed by atoms with Crippen LogP contribution in [0.25, 0.3) is 0 Å². The van der Waals surface area contributed by atoms with E-state index in [1.54, 1.807) is 23.3 Å². The third-order valence-electron chi connectivity index (χ3n) is 4.13. The molecule has 1 atom stereocenters. The quantitative estimate of drug-likeness (QED) is 0.878. The van der Waals surface area contributed by atoms with Gasteiger partial charge in [0.1, 0.15) is 6.54 Å². The highest BCUT2D eigenvalue weighted by atomic mass is 35.5. The normalized spacial score (nSPS) is 17.6. The van der Waals surface area contributed by atoms with E-state index in [4.69, 9.17) is 0 Å². The molecular formula is C16H23ClN6O. The Kier molecular flexibility index (Phi) is 7.14. The van der Waals surface area contributed by atoms with Gasteiger partial charge in [-0.1, -0.05) is 11.3 Å². The van der Waals surface area contributed by atoms with E-state index >= 15 is 0 Å². The molecule has 0 bridgehead atoms. The number of pyridine rings is 1. The van der Waals surface area contributed by atoms with Gasteiger partial charge in [-0.3, -0.25) is 9.78 Å². The van der Waals surface area contributed by atoms with Gasteiger partial charge >= 0.3 is 0 Å². The van der Waals surface area contributed by atoms with Crippen LogP contribution in [0.2, 0.25) is 0 Å². The van der Waals surface area contributed by atoms with E-state index < -0.39 is 0 Å². The highest BCUT2D eigenvalue weighted by Crippen LogP contribution is 2.17. The highest BCUT2D eigenvalue weighted by molar-refractivity contribution is 5.85. The molecule has 7 nitrogen and oxygen atoms in total. The number of nitrogens with zero attached hydrogens (tertiary/aromatic N) is 5. The molecule has 2 aromatic heterocycles. The van der Waals surface area contributed by atoms with Crippen LogP contribution in [0.4, 0.5) is 0 Å². The molecule has 1 unspecified atom stereocenters. The smallest absolute Gasteiger partial charge is 0.244 e. The number of hydrogen-bond acceptors (Lipinski definition) is 5. The van der Waals surface area contributed by atoms with Crippen molar-refractivity contribution in [3.8, 4) is 0 Å². The summed E-state index contributed by atoms with van der Waals surface area (Å²) < 4.78 is 1.57. The number of hydrogen-bond donors (Lipinski definition) is 1. The molecule has 1 N–H and O–H groups in total. The molecule has 3 heterocycles. The molecule has 0 spiro atoms. The average Bonchev–Trinajstić information content (AvgIpc) is 2.93. The number of halogens is 1. The van der Waals surface area contributed by atoms with Crippen LogP contribution in [0.3, 0.4) is 0 Å². The molecular weight excluding hydrogens is 328 g/mol. The zero-order valence-corrected chi connectivity index (χ0v) is 14.4. The summed E-state index contributed by atoms with van der Waals surface area (Å²) >= 11 is 0. The lowest BCUT2D eigenvalue weighted by atomic mass is 10.1. The number of rotatable bonds is 5. The Morgan fingerprint density at radius 2 is 2.21 bits per heavy atom. The van der Waals surface area contributed by atoms with Crippen molar-refractivity contribution in [2.45, 2.75) is 38.4 Å². The molecule has 0 saturated carbocycles. The Bertz CT molecular complexity index is 598. The van der Waals surface area contributed by atoms with Gasteiger partial charge in [-0.15, -0.1) is 17.5 Å². The van der Waals surface area contributed by atoms with Crippen molar-refractivity contribution >= 4 is 18.3 Å². The lowest BCUT2D eigenvalue weighted by Gasteiger charge is -2.31. The van der Waals surface area contributed by atoms with E-state index in [0.29, 0.717) is 6.54 Å². The first-order valence-corrected chi connectivity index (χ1v) is 8.07. The third kappa shape index (κ3) is 5.01. The Labute approximate surface area is 147 Å². The maximum atomic E-state index is 12.8. The fraction of sp³-hybridized carbons (Fsp3) is 0.500. The second-order valence-electron chi connectivity index (χ2n) is 5.78. The number of carbonyl (C=O) groups is 1. The van der Waals surface area contributed by atoms with Crippen LogP contribution < -0.4 is 5.32 Å². The van der Waals surface area contributed by atoms with Gasteiger partial charge in [0.05, 0.1) is 18.4 Å². The Hall–Kier alpha value is -1.99. The zero-order valence-electron chi connectivity index (χ0n) is 13.5. The van der Waals surface area contributed by atoms with Crippen LogP contribution in [0.5, 0.6) is 0 Å². The van der Waals surface area contributed by atoms with E-state index in [-0.39, 0.29) is 30.9 Å². The van der Waals surface area contributed by atoms with Crippen LogP contribution in [0.15, 0.2) is 36.8 Å². The number of nitrogens with one attached hydrogen (secondary N) is 1. The predicted octanol–water partition coefficient (Wildman–Crippen LogP) is 1.27. The van der Waals surface area contributed by atoms with E-state index in [0.717, 1.165) is 38.0 Å². The van der Waals surface area contributed by atoms with Crippen molar-refractivity contribution < 1.29 is 4.79 Å². The monoisotopic (exact) mass is 350 g/mol. The minimum atomic E-state index is 0. The van der Waals surface area contributed by atoms with Crippen molar-refractivity contribution in [1.82, 2.24) is 30.2 Å². The number of amides is 1. The molecule has 1 fully saturated rings. The Morgan fingerprint density at radius 1 is 1.29 bits per heavy atom. The summed E-state index contributed by atoms with van der Waals surface area (Å²) in [5.41, 5.74) is 0.914. The molecule has 1 saturated heterocycles. The molecule has 8 heteroatoms. The van der Waals surface area contributed by atoms with E-state index in [1.807, 2.05) is 23.1 Å².